The number of imide groups is 1. The summed E-state index contributed by atoms with van der Waals surface area (Å²) in [5.74, 6) is -2.16. The molecule has 3 heterocycles. The summed E-state index contributed by atoms with van der Waals surface area (Å²) >= 11 is 2.20. The van der Waals surface area contributed by atoms with Gasteiger partial charge >= 0.3 is 4.87 Å². The van der Waals surface area contributed by atoms with E-state index in [0.29, 0.717) is 32.6 Å². The summed E-state index contributed by atoms with van der Waals surface area (Å²) in [4.78, 5) is 56.4. The number of anilines is 2. The second kappa shape index (κ2) is 10.9. The van der Waals surface area contributed by atoms with Gasteiger partial charge in [0, 0.05) is 16.5 Å². The molecule has 0 radical (unpaired) electrons. The van der Waals surface area contributed by atoms with Crippen LogP contribution < -0.4 is 25.0 Å². The zero-order chi connectivity index (χ0) is 29.6. The fourth-order valence-electron chi connectivity index (χ4n) is 5.08. The molecule has 2 aliphatic heterocycles. The van der Waals surface area contributed by atoms with Crippen LogP contribution in [0.2, 0.25) is 0 Å². The minimum atomic E-state index is -3.85. The molecule has 6 rings (SSSR count). The summed E-state index contributed by atoms with van der Waals surface area (Å²) in [6.07, 6.45) is 0. The van der Waals surface area contributed by atoms with Gasteiger partial charge in [0.2, 0.25) is 21.8 Å². The molecule has 0 aliphatic carbocycles. The van der Waals surface area contributed by atoms with Gasteiger partial charge in [-0.25, -0.2) is 18.5 Å². The van der Waals surface area contributed by atoms with Crippen LogP contribution in [0.3, 0.4) is 0 Å². The van der Waals surface area contributed by atoms with Crippen molar-refractivity contribution >= 4 is 62.2 Å². The van der Waals surface area contributed by atoms with Crippen LogP contribution in [0.1, 0.15) is 16.4 Å². The van der Waals surface area contributed by atoms with E-state index in [1.807, 2.05) is 0 Å². The maximum Gasteiger partial charge on any atom is 0.305 e. The summed E-state index contributed by atoms with van der Waals surface area (Å²) < 4.78 is 28.6. The van der Waals surface area contributed by atoms with E-state index >= 15 is 0 Å². The number of thiazole rings is 1. The predicted molar refractivity (Wildman–Crippen MR) is 157 cm³/mol. The second-order valence-electron chi connectivity index (χ2n) is 9.58. The number of aromatic nitrogens is 1. The Hall–Kier alpha value is -4.24. The van der Waals surface area contributed by atoms with Crippen LogP contribution >= 0.6 is 23.1 Å². The van der Waals surface area contributed by atoms with Crippen LogP contribution in [-0.2, 0) is 24.4 Å². The number of nitrogens with one attached hydrogen (secondary N) is 2. The van der Waals surface area contributed by atoms with Crippen molar-refractivity contribution < 1.29 is 27.5 Å². The van der Waals surface area contributed by atoms with Gasteiger partial charge in [-0.2, -0.15) is 0 Å². The number of amides is 3. The number of hydrogen-bond donors (Lipinski definition) is 3. The van der Waals surface area contributed by atoms with Crippen molar-refractivity contribution in [3.8, 4) is 5.75 Å². The Labute approximate surface area is 247 Å². The summed E-state index contributed by atoms with van der Waals surface area (Å²) in [5.41, 5.74) is 1.51. The molecular weight excluding hydrogens is 601 g/mol. The van der Waals surface area contributed by atoms with E-state index in [0.717, 1.165) is 11.3 Å². The first-order chi connectivity index (χ1) is 20.1. The van der Waals surface area contributed by atoms with Crippen molar-refractivity contribution in [1.82, 2.24) is 4.98 Å². The number of H-pyrrole nitrogens is 1. The van der Waals surface area contributed by atoms with Gasteiger partial charge in [0.15, 0.2) is 6.61 Å². The van der Waals surface area contributed by atoms with E-state index < -0.39 is 33.0 Å². The number of aromatic amines is 1. The van der Waals surface area contributed by atoms with Gasteiger partial charge in [0.25, 0.3) is 5.91 Å². The average Bonchev–Trinajstić information content (AvgIpc) is 3.46. The summed E-state index contributed by atoms with van der Waals surface area (Å²) in [6, 6.07) is 21.0. The lowest BCUT2D eigenvalue weighted by molar-refractivity contribution is -0.122. The number of ether oxygens (including phenoxy) is 1. The number of para-hydroxylation sites is 1. The van der Waals surface area contributed by atoms with Crippen LogP contribution in [0.4, 0.5) is 11.4 Å². The first kappa shape index (κ1) is 27.9. The minimum absolute atomic E-state index is 0.0816. The largest absolute Gasteiger partial charge is 0.484 e. The SMILES string of the molecule is NS(=O)(=O)c1ccc(NC(=O)COc2cccc(C3c4sc(=O)[nH]c4SC4C(=O)N(c5ccccc5)C(=O)C43)c2)cc1. The molecule has 1 saturated heterocycles. The zero-order valence-electron chi connectivity index (χ0n) is 21.6. The van der Waals surface area contributed by atoms with E-state index in [1.54, 1.807) is 54.6 Å². The van der Waals surface area contributed by atoms with Crippen molar-refractivity contribution in [2.45, 2.75) is 21.1 Å². The van der Waals surface area contributed by atoms with Crippen molar-refractivity contribution in [3.05, 3.63) is 99.0 Å². The van der Waals surface area contributed by atoms with Gasteiger partial charge in [-0.1, -0.05) is 53.4 Å². The fourth-order valence-corrected chi connectivity index (χ4v) is 8.11. The normalized spacial score (nSPS) is 19.7. The van der Waals surface area contributed by atoms with Crippen LogP contribution in [-0.4, -0.2) is 43.0 Å². The molecule has 2 aliphatic rings. The second-order valence-corrected chi connectivity index (χ2v) is 13.3. The maximum atomic E-state index is 13.8. The molecular formula is C28H22N4O7S3. The first-order valence-electron chi connectivity index (χ1n) is 12.6. The molecule has 1 fully saturated rings. The lowest BCUT2D eigenvalue weighted by Gasteiger charge is -2.30. The third-order valence-corrected chi connectivity index (χ3v) is 10.2. The number of hydrogen-bond acceptors (Lipinski definition) is 9. The van der Waals surface area contributed by atoms with Crippen molar-refractivity contribution in [2.75, 3.05) is 16.8 Å². The average molecular weight is 623 g/mol. The molecule has 42 heavy (non-hydrogen) atoms. The maximum absolute atomic E-state index is 13.8. The lowest BCUT2D eigenvalue weighted by atomic mass is 9.83. The third-order valence-electron chi connectivity index (χ3n) is 6.89. The third kappa shape index (κ3) is 5.25. The number of nitrogens with zero attached hydrogens (tertiary/aromatic N) is 1. The van der Waals surface area contributed by atoms with Gasteiger partial charge in [0.1, 0.15) is 11.0 Å². The first-order valence-corrected chi connectivity index (χ1v) is 15.8. The van der Waals surface area contributed by atoms with Gasteiger partial charge < -0.3 is 15.0 Å². The molecule has 4 aromatic rings. The summed E-state index contributed by atoms with van der Waals surface area (Å²) in [5, 5.41) is 7.55. The Kier molecular flexibility index (Phi) is 7.22. The van der Waals surface area contributed by atoms with E-state index in [1.165, 1.54) is 40.9 Å². The smallest absolute Gasteiger partial charge is 0.305 e. The van der Waals surface area contributed by atoms with Crippen molar-refractivity contribution in [1.29, 1.82) is 0 Å². The molecule has 3 aromatic carbocycles. The van der Waals surface area contributed by atoms with Crippen molar-refractivity contribution in [2.24, 2.45) is 11.1 Å². The highest BCUT2D eigenvalue weighted by atomic mass is 32.2. The number of nitrogens with two attached hydrogens (primary N) is 1. The van der Waals surface area contributed by atoms with Crippen LogP contribution in [0, 0.1) is 5.92 Å². The summed E-state index contributed by atoms with van der Waals surface area (Å²) in [6.45, 7) is -0.352. The Balaban J connectivity index is 1.24. The number of fused-ring (bicyclic) bond motifs is 2. The number of carbonyl (C=O) groups excluding carboxylic acids is 3. The Morgan fingerprint density at radius 3 is 2.43 bits per heavy atom. The van der Waals surface area contributed by atoms with Gasteiger partial charge in [-0.15, -0.1) is 0 Å². The highest BCUT2D eigenvalue weighted by molar-refractivity contribution is 8.00. The molecule has 14 heteroatoms. The number of rotatable bonds is 7. The lowest BCUT2D eigenvalue weighted by Crippen LogP contribution is -2.32. The summed E-state index contributed by atoms with van der Waals surface area (Å²) in [7, 11) is -3.85. The van der Waals surface area contributed by atoms with Crippen molar-refractivity contribution in [3.63, 3.8) is 0 Å². The molecule has 11 nitrogen and oxygen atoms in total. The highest BCUT2D eigenvalue weighted by Crippen LogP contribution is 2.53. The fraction of sp³-hybridized carbons (Fsp3) is 0.143. The van der Waals surface area contributed by atoms with Crippen LogP contribution in [0.5, 0.6) is 5.75 Å². The molecule has 3 unspecified atom stereocenters. The Morgan fingerprint density at radius 2 is 1.71 bits per heavy atom. The molecule has 0 spiro atoms. The topological polar surface area (TPSA) is 169 Å². The monoisotopic (exact) mass is 622 g/mol. The standard InChI is InChI=1S/C28H22N4O7S3/c29-42(37,38)19-11-9-16(10-12-19)30-20(33)14-39-18-8-4-5-15(13-18)21-22-24(40-25-23(21)41-28(36)31-25)27(35)32(26(22)34)17-6-2-1-3-7-17/h1-13,21-22,24H,14H2,(H,30,33)(H,31,36)(H2,29,37,38). The number of primary sulfonamides is 1. The van der Waals surface area contributed by atoms with Crippen LogP contribution in [0.15, 0.2) is 93.6 Å². The van der Waals surface area contributed by atoms with Crippen LogP contribution in [0.25, 0.3) is 0 Å². The van der Waals surface area contributed by atoms with E-state index in [-0.39, 0.29) is 28.2 Å². The van der Waals surface area contributed by atoms with E-state index in [9.17, 15) is 27.6 Å². The minimum Gasteiger partial charge on any atom is -0.484 e. The molecule has 1 aromatic heterocycles. The van der Waals surface area contributed by atoms with Gasteiger partial charge in [0.05, 0.1) is 21.5 Å². The molecule has 3 atom stereocenters. The van der Waals surface area contributed by atoms with Gasteiger partial charge in [-0.05, 0) is 54.1 Å². The number of benzene rings is 3. The van der Waals surface area contributed by atoms with E-state index in [4.69, 9.17) is 9.88 Å². The number of thioether (sulfide) groups is 1. The molecule has 0 bridgehead atoms. The molecule has 4 N–H and O–H groups in total. The molecule has 0 saturated carbocycles. The predicted octanol–water partition coefficient (Wildman–Crippen LogP) is 2.90. The zero-order valence-corrected chi connectivity index (χ0v) is 24.0. The Morgan fingerprint density at radius 1 is 0.976 bits per heavy atom. The quantitative estimate of drug-likeness (QED) is 0.264. The van der Waals surface area contributed by atoms with E-state index in [2.05, 4.69) is 10.3 Å². The molecule has 3 amide bonds. The molecule has 214 valence electrons. The number of carbonyl (C=O) groups is 3. The highest BCUT2D eigenvalue weighted by Gasteiger charge is 2.56. The van der Waals surface area contributed by atoms with Gasteiger partial charge in [-0.3, -0.25) is 19.2 Å². The number of sulfonamides is 1. The Bertz CT molecular complexity index is 1870.